The lowest BCUT2D eigenvalue weighted by atomic mass is 10.2. The van der Waals surface area contributed by atoms with Gasteiger partial charge < -0.3 is 5.32 Å². The molecule has 2 aromatic carbocycles. The summed E-state index contributed by atoms with van der Waals surface area (Å²) in [6.07, 6.45) is 2.66. The highest BCUT2D eigenvalue weighted by Gasteiger charge is 2.16. The third kappa shape index (κ3) is 5.37. The summed E-state index contributed by atoms with van der Waals surface area (Å²) in [6.45, 7) is 0.700. The zero-order valence-corrected chi connectivity index (χ0v) is 18.9. The van der Waals surface area contributed by atoms with Gasteiger partial charge in [-0.2, -0.15) is 5.10 Å². The molecule has 0 bridgehead atoms. The molecule has 0 spiro atoms. The Morgan fingerprint density at radius 1 is 1.06 bits per heavy atom. The maximum atomic E-state index is 13.1. The molecule has 9 nitrogen and oxygen atoms in total. The molecule has 1 N–H and O–H groups in total. The number of halogens is 1. The van der Waals surface area contributed by atoms with E-state index >= 15 is 0 Å². The molecule has 1 amide bonds. The lowest BCUT2D eigenvalue weighted by Gasteiger charge is -2.08. The predicted octanol–water partition coefficient (Wildman–Crippen LogP) is 1.76. The molecule has 0 saturated carbocycles. The van der Waals surface area contributed by atoms with Gasteiger partial charge in [0, 0.05) is 13.0 Å². The number of carbonyl (C=O) groups excluding carboxylic acids is 1. The van der Waals surface area contributed by atoms with Crippen molar-refractivity contribution in [3.63, 3.8) is 0 Å². The standard InChI is InChI=1S/C23H22FN5O4S/c24-18-8-6-17(7-9-18)15-28-16-26-22-20(23(28)31)14-27-29(22)12-11-25-21(30)10-13-34(32,33)19-4-2-1-3-5-19/h1-9,14,16H,10-13,15H2,(H,25,30). The molecule has 0 aliphatic carbocycles. The quantitative estimate of drug-likeness (QED) is 0.388. The van der Waals surface area contributed by atoms with Crippen LogP contribution in [0.15, 0.2) is 76.8 Å². The molecular formula is C23H22FN5O4S. The van der Waals surface area contributed by atoms with Gasteiger partial charge in [-0.25, -0.2) is 22.5 Å². The Morgan fingerprint density at radius 2 is 1.79 bits per heavy atom. The summed E-state index contributed by atoms with van der Waals surface area (Å²) in [6, 6.07) is 13.8. The minimum Gasteiger partial charge on any atom is -0.354 e. The zero-order chi connectivity index (χ0) is 24.1. The van der Waals surface area contributed by atoms with Crippen molar-refractivity contribution in [2.45, 2.75) is 24.4 Å². The maximum Gasteiger partial charge on any atom is 0.264 e. The number of rotatable bonds is 9. The van der Waals surface area contributed by atoms with Gasteiger partial charge in [-0.05, 0) is 29.8 Å². The van der Waals surface area contributed by atoms with Gasteiger partial charge in [0.2, 0.25) is 5.91 Å². The number of carbonyl (C=O) groups is 1. The number of fused-ring (bicyclic) bond motifs is 1. The monoisotopic (exact) mass is 483 g/mol. The molecule has 0 aliphatic rings. The fraction of sp³-hybridized carbons (Fsp3) is 0.217. The minimum atomic E-state index is -3.53. The molecule has 11 heteroatoms. The van der Waals surface area contributed by atoms with Gasteiger partial charge >= 0.3 is 0 Å². The van der Waals surface area contributed by atoms with E-state index in [1.165, 1.54) is 46.0 Å². The van der Waals surface area contributed by atoms with Crippen molar-refractivity contribution < 1.29 is 17.6 Å². The number of hydrogen-bond donors (Lipinski definition) is 1. The van der Waals surface area contributed by atoms with Crippen molar-refractivity contribution in [3.8, 4) is 0 Å². The molecule has 0 fully saturated rings. The van der Waals surface area contributed by atoms with Crippen LogP contribution in [0.2, 0.25) is 0 Å². The molecule has 176 valence electrons. The summed E-state index contributed by atoms with van der Waals surface area (Å²) in [5.41, 5.74) is 0.853. The van der Waals surface area contributed by atoms with E-state index in [0.717, 1.165) is 5.56 Å². The van der Waals surface area contributed by atoms with E-state index in [1.807, 2.05) is 0 Å². The summed E-state index contributed by atoms with van der Waals surface area (Å²) >= 11 is 0. The van der Waals surface area contributed by atoms with Gasteiger partial charge in [0.25, 0.3) is 5.56 Å². The van der Waals surface area contributed by atoms with Crippen molar-refractivity contribution in [2.75, 3.05) is 12.3 Å². The second-order valence-electron chi connectivity index (χ2n) is 7.64. The average molecular weight is 484 g/mol. The number of hydrogen-bond acceptors (Lipinski definition) is 6. The van der Waals surface area contributed by atoms with Gasteiger partial charge in [-0.3, -0.25) is 14.2 Å². The van der Waals surface area contributed by atoms with Crippen molar-refractivity contribution >= 4 is 26.8 Å². The van der Waals surface area contributed by atoms with Crippen LogP contribution in [0.1, 0.15) is 12.0 Å². The Hall–Kier alpha value is -3.86. The van der Waals surface area contributed by atoms with Crippen LogP contribution in [0.5, 0.6) is 0 Å². The summed E-state index contributed by atoms with van der Waals surface area (Å²) in [4.78, 5) is 29.4. The van der Waals surface area contributed by atoms with Gasteiger partial charge in [0.05, 0.1) is 29.9 Å². The van der Waals surface area contributed by atoms with Crippen LogP contribution in [-0.2, 0) is 27.7 Å². The smallest absolute Gasteiger partial charge is 0.264 e. The fourth-order valence-corrected chi connectivity index (χ4v) is 4.68. The van der Waals surface area contributed by atoms with Crippen LogP contribution >= 0.6 is 0 Å². The third-order valence-electron chi connectivity index (χ3n) is 5.23. The molecule has 4 rings (SSSR count). The van der Waals surface area contributed by atoms with E-state index in [9.17, 15) is 22.4 Å². The van der Waals surface area contributed by atoms with E-state index in [-0.39, 0.29) is 48.1 Å². The second-order valence-corrected chi connectivity index (χ2v) is 9.75. The number of amides is 1. The first-order chi connectivity index (χ1) is 16.3. The Kier molecular flexibility index (Phi) is 6.82. The zero-order valence-electron chi connectivity index (χ0n) is 18.1. The van der Waals surface area contributed by atoms with E-state index in [4.69, 9.17) is 0 Å². The van der Waals surface area contributed by atoms with E-state index in [2.05, 4.69) is 15.4 Å². The molecule has 0 aliphatic heterocycles. The molecule has 0 unspecified atom stereocenters. The third-order valence-corrected chi connectivity index (χ3v) is 6.97. The first kappa shape index (κ1) is 23.3. The molecule has 0 atom stereocenters. The highest BCUT2D eigenvalue weighted by atomic mass is 32.2. The van der Waals surface area contributed by atoms with Gasteiger partial charge in [-0.1, -0.05) is 30.3 Å². The van der Waals surface area contributed by atoms with Crippen LogP contribution in [0.4, 0.5) is 4.39 Å². The number of sulfone groups is 1. The SMILES string of the molecule is O=C(CCS(=O)(=O)c1ccccc1)NCCn1ncc2c(=O)n(Cc3ccc(F)cc3)cnc21. The van der Waals surface area contributed by atoms with Crippen molar-refractivity contribution in [3.05, 3.63) is 88.9 Å². The fourth-order valence-electron chi connectivity index (χ4n) is 3.42. The second kappa shape index (κ2) is 9.96. The lowest BCUT2D eigenvalue weighted by molar-refractivity contribution is -0.120. The number of benzene rings is 2. The first-order valence-corrected chi connectivity index (χ1v) is 12.2. The maximum absolute atomic E-state index is 13.1. The van der Waals surface area contributed by atoms with Crippen LogP contribution in [0, 0.1) is 5.82 Å². The Labute approximate surface area is 194 Å². The normalized spacial score (nSPS) is 11.6. The highest BCUT2D eigenvalue weighted by Crippen LogP contribution is 2.11. The van der Waals surface area contributed by atoms with Crippen molar-refractivity contribution in [1.29, 1.82) is 0 Å². The van der Waals surface area contributed by atoms with Crippen LogP contribution in [-0.4, -0.2) is 46.0 Å². The Morgan fingerprint density at radius 3 is 2.53 bits per heavy atom. The average Bonchev–Trinajstić information content (AvgIpc) is 3.25. The number of nitrogens with zero attached hydrogens (tertiary/aromatic N) is 4. The molecule has 2 aromatic heterocycles. The predicted molar refractivity (Wildman–Crippen MR) is 123 cm³/mol. The molecule has 34 heavy (non-hydrogen) atoms. The van der Waals surface area contributed by atoms with E-state index in [0.29, 0.717) is 11.0 Å². The van der Waals surface area contributed by atoms with Gasteiger partial charge in [-0.15, -0.1) is 0 Å². The van der Waals surface area contributed by atoms with Crippen molar-refractivity contribution in [1.82, 2.24) is 24.6 Å². The van der Waals surface area contributed by atoms with Crippen LogP contribution < -0.4 is 10.9 Å². The number of nitrogens with one attached hydrogen (secondary N) is 1. The van der Waals surface area contributed by atoms with Crippen LogP contribution in [0.3, 0.4) is 0 Å². The summed E-state index contributed by atoms with van der Waals surface area (Å²) in [5, 5.41) is 7.17. The summed E-state index contributed by atoms with van der Waals surface area (Å²) in [5.74, 6) is -1.04. The Balaban J connectivity index is 1.34. The largest absolute Gasteiger partial charge is 0.354 e. The first-order valence-electron chi connectivity index (χ1n) is 10.5. The van der Waals surface area contributed by atoms with Gasteiger partial charge in [0.1, 0.15) is 17.5 Å². The Bertz CT molecular complexity index is 1470. The minimum absolute atomic E-state index is 0.163. The summed E-state index contributed by atoms with van der Waals surface area (Å²) < 4.78 is 40.6. The molecule has 0 radical (unpaired) electrons. The van der Waals surface area contributed by atoms with Crippen molar-refractivity contribution in [2.24, 2.45) is 0 Å². The molecular weight excluding hydrogens is 461 g/mol. The topological polar surface area (TPSA) is 116 Å². The van der Waals surface area contributed by atoms with Crippen LogP contribution in [0.25, 0.3) is 11.0 Å². The van der Waals surface area contributed by atoms with E-state index in [1.54, 1.807) is 30.3 Å². The molecule has 2 heterocycles. The molecule has 4 aromatic rings. The lowest BCUT2D eigenvalue weighted by Crippen LogP contribution is -2.29. The van der Waals surface area contributed by atoms with E-state index < -0.39 is 15.7 Å². The summed E-state index contributed by atoms with van der Waals surface area (Å²) in [7, 11) is -3.53. The highest BCUT2D eigenvalue weighted by molar-refractivity contribution is 7.91. The van der Waals surface area contributed by atoms with Gasteiger partial charge in [0.15, 0.2) is 15.5 Å². The molecule has 0 saturated heterocycles. The number of aromatic nitrogens is 4.